The van der Waals surface area contributed by atoms with E-state index in [0.717, 1.165) is 10.5 Å². The largest absolute Gasteiger partial charge is 0.468 e. The Morgan fingerprint density at radius 1 is 1.09 bits per heavy atom. The first kappa shape index (κ1) is 22.5. The van der Waals surface area contributed by atoms with Gasteiger partial charge >= 0.3 is 18.1 Å². The van der Waals surface area contributed by atoms with Crippen LogP contribution in [0.5, 0.6) is 5.75 Å². The van der Waals surface area contributed by atoms with E-state index in [1.54, 1.807) is 19.1 Å². The number of benzene rings is 2. The molecule has 0 saturated heterocycles. The Bertz CT molecular complexity index is 1120. The van der Waals surface area contributed by atoms with E-state index >= 15 is 0 Å². The number of carbonyl (C=O) groups is 2. The monoisotopic (exact) mass is 439 g/mol. The number of nitrogens with zero attached hydrogens (tertiary/aromatic N) is 3. The fourth-order valence-corrected chi connectivity index (χ4v) is 3.33. The van der Waals surface area contributed by atoms with Gasteiger partial charge in [0.1, 0.15) is 11.8 Å². The Hall–Kier alpha value is -4.21. The lowest BCUT2D eigenvalue weighted by molar-refractivity contribution is -0.384. The summed E-state index contributed by atoms with van der Waals surface area (Å²) in [6.45, 7) is 3.50. The number of non-ortho nitro benzene ring substituents is 1. The molecule has 1 unspecified atom stereocenters. The molecule has 10 heteroatoms. The van der Waals surface area contributed by atoms with Gasteiger partial charge in [0.2, 0.25) is 0 Å². The summed E-state index contributed by atoms with van der Waals surface area (Å²) in [5.41, 5.74) is 1.87. The van der Waals surface area contributed by atoms with Gasteiger partial charge in [-0.15, -0.1) is 0 Å². The zero-order chi connectivity index (χ0) is 23.4. The number of amidine groups is 1. The average molecular weight is 439 g/mol. The van der Waals surface area contributed by atoms with Crippen molar-refractivity contribution in [2.45, 2.75) is 19.9 Å². The van der Waals surface area contributed by atoms with Crippen LogP contribution >= 0.6 is 0 Å². The molecule has 0 fully saturated rings. The number of ether oxygens (including phenoxy) is 3. The van der Waals surface area contributed by atoms with Crippen molar-refractivity contribution in [1.82, 2.24) is 4.90 Å². The number of aryl methyl sites for hydroxylation is 1. The van der Waals surface area contributed by atoms with Crippen molar-refractivity contribution in [2.75, 3.05) is 14.2 Å². The summed E-state index contributed by atoms with van der Waals surface area (Å²) in [4.78, 5) is 41.5. The van der Waals surface area contributed by atoms with Crippen LogP contribution in [-0.4, -0.2) is 42.1 Å². The van der Waals surface area contributed by atoms with E-state index in [0.29, 0.717) is 11.3 Å². The number of hydrogen-bond acceptors (Lipinski definition) is 8. The molecule has 0 aromatic heterocycles. The van der Waals surface area contributed by atoms with Gasteiger partial charge in [0, 0.05) is 12.1 Å². The molecule has 1 amide bonds. The van der Waals surface area contributed by atoms with E-state index in [2.05, 4.69) is 4.99 Å². The molecule has 1 atom stereocenters. The molecular weight excluding hydrogens is 418 g/mol. The molecular formula is C22H21N3O7. The quantitative estimate of drug-likeness (QED) is 0.402. The van der Waals surface area contributed by atoms with Gasteiger partial charge in [-0.2, -0.15) is 0 Å². The Kier molecular flexibility index (Phi) is 6.53. The third-order valence-corrected chi connectivity index (χ3v) is 4.79. The molecule has 1 heterocycles. The number of rotatable bonds is 4. The van der Waals surface area contributed by atoms with Gasteiger partial charge < -0.3 is 14.2 Å². The highest BCUT2D eigenvalue weighted by molar-refractivity contribution is 5.99. The van der Waals surface area contributed by atoms with Crippen LogP contribution in [0.4, 0.5) is 10.5 Å². The number of allylic oxidation sites excluding steroid dienone is 1. The van der Waals surface area contributed by atoms with Crippen molar-refractivity contribution < 1.29 is 28.7 Å². The lowest BCUT2D eigenvalue weighted by Gasteiger charge is -2.34. The minimum atomic E-state index is -0.930. The normalized spacial score (nSPS) is 15.7. The van der Waals surface area contributed by atoms with Crippen LogP contribution in [0.1, 0.15) is 24.1 Å². The van der Waals surface area contributed by atoms with Crippen molar-refractivity contribution in [3.05, 3.63) is 81.0 Å². The van der Waals surface area contributed by atoms with Crippen LogP contribution in [0.15, 0.2) is 64.8 Å². The summed E-state index contributed by atoms with van der Waals surface area (Å²) in [6, 6.07) is 11.3. The van der Waals surface area contributed by atoms with Crippen molar-refractivity contribution >= 4 is 23.8 Å². The molecule has 0 N–H and O–H groups in total. The van der Waals surface area contributed by atoms with Gasteiger partial charge in [-0.25, -0.2) is 19.5 Å². The topological polar surface area (TPSA) is 121 Å². The molecule has 32 heavy (non-hydrogen) atoms. The third-order valence-electron chi connectivity index (χ3n) is 4.79. The second-order valence-electron chi connectivity index (χ2n) is 6.89. The molecule has 10 nitrogen and oxygen atoms in total. The molecule has 1 aliphatic rings. The lowest BCUT2D eigenvalue weighted by atomic mass is 9.93. The summed E-state index contributed by atoms with van der Waals surface area (Å²) < 4.78 is 15.7. The Morgan fingerprint density at radius 2 is 1.78 bits per heavy atom. The maximum atomic E-state index is 13.2. The number of aliphatic imine (C=N–C) groups is 1. The highest BCUT2D eigenvalue weighted by Gasteiger charge is 2.42. The summed E-state index contributed by atoms with van der Waals surface area (Å²) >= 11 is 0. The second kappa shape index (κ2) is 9.29. The van der Waals surface area contributed by atoms with E-state index in [-0.39, 0.29) is 23.0 Å². The van der Waals surface area contributed by atoms with Crippen molar-refractivity contribution in [3.8, 4) is 5.75 Å². The summed E-state index contributed by atoms with van der Waals surface area (Å²) in [5.74, 6) is -0.578. The molecule has 166 valence electrons. The van der Waals surface area contributed by atoms with E-state index in [4.69, 9.17) is 14.2 Å². The number of amides is 1. The number of hydrogen-bond donors (Lipinski definition) is 0. The molecule has 1 aliphatic heterocycles. The average Bonchev–Trinajstić information content (AvgIpc) is 2.77. The van der Waals surface area contributed by atoms with E-state index in [9.17, 15) is 19.7 Å². The molecule has 0 saturated carbocycles. The van der Waals surface area contributed by atoms with Crippen LogP contribution in [0.2, 0.25) is 0 Å². The fraction of sp³-hybridized carbons (Fsp3) is 0.227. The number of esters is 1. The summed E-state index contributed by atoms with van der Waals surface area (Å²) in [6.07, 6.45) is -0.889. The Labute approximate surface area is 183 Å². The predicted molar refractivity (Wildman–Crippen MR) is 114 cm³/mol. The summed E-state index contributed by atoms with van der Waals surface area (Å²) in [7, 11) is 2.58. The highest BCUT2D eigenvalue weighted by Crippen LogP contribution is 2.37. The van der Waals surface area contributed by atoms with Gasteiger partial charge in [-0.3, -0.25) is 10.1 Å². The molecule has 3 rings (SSSR count). The zero-order valence-corrected chi connectivity index (χ0v) is 17.9. The predicted octanol–water partition coefficient (Wildman–Crippen LogP) is 3.91. The molecule has 2 aromatic rings. The molecule has 0 radical (unpaired) electrons. The number of nitro benzene ring substituents is 1. The van der Waals surface area contributed by atoms with Gasteiger partial charge in [-0.05, 0) is 31.5 Å². The first-order valence-electron chi connectivity index (χ1n) is 9.50. The molecule has 2 aromatic carbocycles. The minimum Gasteiger partial charge on any atom is -0.468 e. The van der Waals surface area contributed by atoms with E-state index in [1.165, 1.54) is 38.5 Å². The van der Waals surface area contributed by atoms with Crippen LogP contribution in [-0.2, 0) is 14.3 Å². The van der Waals surface area contributed by atoms with Crippen LogP contribution in [0.3, 0.4) is 0 Å². The van der Waals surface area contributed by atoms with Gasteiger partial charge in [0.05, 0.1) is 30.4 Å². The van der Waals surface area contributed by atoms with Crippen molar-refractivity contribution in [3.63, 3.8) is 0 Å². The zero-order valence-electron chi connectivity index (χ0n) is 17.9. The fourth-order valence-electron chi connectivity index (χ4n) is 3.33. The van der Waals surface area contributed by atoms with E-state index in [1.807, 2.05) is 19.1 Å². The maximum Gasteiger partial charge on any atom is 0.424 e. The molecule has 0 aliphatic carbocycles. The van der Waals surface area contributed by atoms with Crippen LogP contribution in [0.25, 0.3) is 0 Å². The lowest BCUT2D eigenvalue weighted by Crippen LogP contribution is -2.46. The Morgan fingerprint density at radius 3 is 2.34 bits per heavy atom. The van der Waals surface area contributed by atoms with Crippen molar-refractivity contribution in [2.24, 2.45) is 4.99 Å². The molecule has 0 spiro atoms. The minimum absolute atomic E-state index is 0.0740. The van der Waals surface area contributed by atoms with Crippen LogP contribution < -0.4 is 4.74 Å². The maximum absolute atomic E-state index is 13.2. The number of nitro groups is 1. The standard InChI is InChI=1S/C22H21N3O7/c1-13-6-5-7-15(12-13)19-18(20(26)30-3)14(2)23-21(31-4)24(19)22(27)32-17-10-8-16(9-11-17)25(28)29/h5-12,19H,1-4H3. The van der Waals surface area contributed by atoms with Gasteiger partial charge in [-0.1, -0.05) is 29.8 Å². The number of carbonyl (C=O) groups excluding carboxylic acids is 2. The molecule has 0 bridgehead atoms. The third kappa shape index (κ3) is 4.43. The SMILES string of the molecule is COC(=O)C1=C(C)N=C(OC)N(C(=O)Oc2ccc([N+](=O)[O-])cc2)C1c1cccc(C)c1. The van der Waals surface area contributed by atoms with Crippen LogP contribution in [0, 0.1) is 17.0 Å². The highest BCUT2D eigenvalue weighted by atomic mass is 16.6. The summed E-state index contributed by atoms with van der Waals surface area (Å²) in [5, 5.41) is 10.9. The Balaban J connectivity index is 2.07. The van der Waals surface area contributed by atoms with Crippen molar-refractivity contribution in [1.29, 1.82) is 0 Å². The smallest absolute Gasteiger partial charge is 0.424 e. The van der Waals surface area contributed by atoms with Gasteiger partial charge in [0.25, 0.3) is 5.69 Å². The number of methoxy groups -OCH3 is 2. The first-order valence-corrected chi connectivity index (χ1v) is 9.50. The first-order chi connectivity index (χ1) is 15.3. The second-order valence-corrected chi connectivity index (χ2v) is 6.89. The van der Waals surface area contributed by atoms with E-state index < -0.39 is 23.0 Å². The van der Waals surface area contributed by atoms with Gasteiger partial charge in [0.15, 0.2) is 0 Å².